The van der Waals surface area contributed by atoms with Gasteiger partial charge in [0.15, 0.2) is 11.5 Å². The highest BCUT2D eigenvalue weighted by Gasteiger charge is 2.29. The Kier molecular flexibility index (Phi) is 4.88. The van der Waals surface area contributed by atoms with Crippen LogP contribution in [0.2, 0.25) is 0 Å². The van der Waals surface area contributed by atoms with Gasteiger partial charge in [0.2, 0.25) is 0 Å². The number of carboxylic acid groups (broad SMARTS) is 1. The van der Waals surface area contributed by atoms with Gasteiger partial charge in [0.25, 0.3) is 5.91 Å². The minimum Gasteiger partial charge on any atom is -0.481 e. The number of hydrogen-bond acceptors (Lipinski definition) is 5. The van der Waals surface area contributed by atoms with Crippen molar-refractivity contribution in [3.63, 3.8) is 0 Å². The Morgan fingerprint density at radius 3 is 2.83 bits per heavy atom. The van der Waals surface area contributed by atoms with Crippen LogP contribution in [0.25, 0.3) is 11.3 Å². The van der Waals surface area contributed by atoms with Crippen LogP contribution in [0.5, 0.6) is 0 Å². The third-order valence-electron chi connectivity index (χ3n) is 4.27. The molecule has 1 fully saturated rings. The molecule has 0 aliphatic carbocycles. The minimum absolute atomic E-state index is 0.0524. The summed E-state index contributed by atoms with van der Waals surface area (Å²) in [5.41, 5.74) is 1.06. The van der Waals surface area contributed by atoms with Gasteiger partial charge >= 0.3 is 5.97 Å². The van der Waals surface area contributed by atoms with Gasteiger partial charge in [0.05, 0.1) is 0 Å². The smallest absolute Gasteiger partial charge is 0.303 e. The molecule has 7 nitrogen and oxygen atoms in total. The first-order chi connectivity index (χ1) is 11.6. The molecule has 0 spiro atoms. The predicted molar refractivity (Wildman–Crippen MR) is 85.3 cm³/mol. The molecule has 7 heteroatoms. The number of likely N-dealkylation sites (tertiary alicyclic amines) is 1. The van der Waals surface area contributed by atoms with E-state index < -0.39 is 5.97 Å². The molecule has 24 heavy (non-hydrogen) atoms. The molecule has 3 heterocycles. The van der Waals surface area contributed by atoms with Crippen molar-refractivity contribution in [3.05, 3.63) is 36.3 Å². The summed E-state index contributed by atoms with van der Waals surface area (Å²) in [6.07, 6.45) is 6.58. The topological polar surface area (TPSA) is 96.5 Å². The van der Waals surface area contributed by atoms with E-state index in [1.54, 1.807) is 35.5 Å². The molecule has 1 unspecified atom stereocenters. The summed E-state index contributed by atoms with van der Waals surface area (Å²) in [6.45, 7) is 0.626. The molecule has 3 rings (SSSR count). The highest BCUT2D eigenvalue weighted by Crippen LogP contribution is 2.25. The van der Waals surface area contributed by atoms with Crippen LogP contribution in [0.15, 0.2) is 35.1 Å². The van der Waals surface area contributed by atoms with Gasteiger partial charge in [-0.05, 0) is 37.8 Å². The summed E-state index contributed by atoms with van der Waals surface area (Å²) >= 11 is 0. The second-order valence-corrected chi connectivity index (χ2v) is 5.89. The zero-order valence-electron chi connectivity index (χ0n) is 13.2. The molecule has 1 atom stereocenters. The number of piperidine rings is 1. The van der Waals surface area contributed by atoms with Crippen molar-refractivity contribution >= 4 is 11.9 Å². The number of rotatable bonds is 5. The Bertz CT molecular complexity index is 714. The van der Waals surface area contributed by atoms with Gasteiger partial charge in [0.1, 0.15) is 0 Å². The molecule has 1 aliphatic heterocycles. The fourth-order valence-electron chi connectivity index (χ4n) is 3.03. The van der Waals surface area contributed by atoms with Crippen molar-refractivity contribution in [1.82, 2.24) is 15.0 Å². The van der Waals surface area contributed by atoms with Crippen molar-refractivity contribution in [2.24, 2.45) is 0 Å². The molecule has 2 aromatic heterocycles. The molecular formula is C17H19N3O4. The highest BCUT2D eigenvalue weighted by molar-refractivity contribution is 5.93. The number of carbonyl (C=O) groups is 2. The molecule has 1 amide bonds. The fourth-order valence-corrected chi connectivity index (χ4v) is 3.03. The maximum atomic E-state index is 12.7. The molecule has 0 saturated carbocycles. The Hall–Kier alpha value is -2.70. The quantitative estimate of drug-likeness (QED) is 0.905. The largest absolute Gasteiger partial charge is 0.481 e. The minimum atomic E-state index is -0.839. The van der Waals surface area contributed by atoms with Crippen LogP contribution in [0.4, 0.5) is 0 Å². The number of carbonyl (C=O) groups excluding carboxylic acids is 1. The number of amides is 1. The second kappa shape index (κ2) is 7.25. The van der Waals surface area contributed by atoms with Crippen molar-refractivity contribution in [3.8, 4) is 11.3 Å². The SMILES string of the molecule is O=C(O)CCC1CCCCN1C(=O)c1cc(-c2ccncc2)on1. The molecule has 1 saturated heterocycles. The average molecular weight is 329 g/mol. The summed E-state index contributed by atoms with van der Waals surface area (Å²) in [6, 6.07) is 5.14. The van der Waals surface area contributed by atoms with Crippen LogP contribution in [-0.2, 0) is 4.79 Å². The van der Waals surface area contributed by atoms with Gasteiger partial charge in [-0.1, -0.05) is 5.16 Å². The van der Waals surface area contributed by atoms with Gasteiger partial charge in [-0.2, -0.15) is 0 Å². The predicted octanol–water partition coefficient (Wildman–Crippen LogP) is 2.60. The Balaban J connectivity index is 1.74. The number of aliphatic carboxylic acids is 1. The van der Waals surface area contributed by atoms with E-state index >= 15 is 0 Å². The first-order valence-electron chi connectivity index (χ1n) is 8.05. The van der Waals surface area contributed by atoms with E-state index in [0.29, 0.717) is 18.7 Å². The lowest BCUT2D eigenvalue weighted by atomic mass is 9.97. The van der Waals surface area contributed by atoms with E-state index in [1.807, 2.05) is 0 Å². The molecule has 1 N–H and O–H groups in total. The van der Waals surface area contributed by atoms with E-state index in [2.05, 4.69) is 10.1 Å². The molecular weight excluding hydrogens is 310 g/mol. The summed E-state index contributed by atoms with van der Waals surface area (Å²) in [5, 5.41) is 12.8. The van der Waals surface area contributed by atoms with E-state index in [-0.39, 0.29) is 24.1 Å². The van der Waals surface area contributed by atoms with Gasteiger partial charge in [-0.15, -0.1) is 0 Å². The summed E-state index contributed by atoms with van der Waals surface area (Å²) in [7, 11) is 0. The van der Waals surface area contributed by atoms with Crippen LogP contribution in [0.1, 0.15) is 42.6 Å². The first-order valence-corrected chi connectivity index (χ1v) is 8.05. The summed E-state index contributed by atoms with van der Waals surface area (Å²) < 4.78 is 5.28. The number of hydrogen-bond donors (Lipinski definition) is 1. The van der Waals surface area contributed by atoms with Crippen molar-refractivity contribution < 1.29 is 19.2 Å². The van der Waals surface area contributed by atoms with Crippen LogP contribution >= 0.6 is 0 Å². The maximum Gasteiger partial charge on any atom is 0.303 e. The lowest BCUT2D eigenvalue weighted by Crippen LogP contribution is -2.44. The second-order valence-electron chi connectivity index (χ2n) is 5.89. The molecule has 126 valence electrons. The monoisotopic (exact) mass is 329 g/mol. The molecule has 1 aliphatic rings. The van der Waals surface area contributed by atoms with E-state index in [4.69, 9.17) is 9.63 Å². The van der Waals surface area contributed by atoms with E-state index in [1.165, 1.54) is 0 Å². The molecule has 0 bridgehead atoms. The number of aromatic nitrogens is 2. The van der Waals surface area contributed by atoms with Crippen LogP contribution in [0.3, 0.4) is 0 Å². The number of pyridine rings is 1. The first kappa shape index (κ1) is 16.2. The zero-order valence-corrected chi connectivity index (χ0v) is 13.2. The van der Waals surface area contributed by atoms with E-state index in [0.717, 1.165) is 24.8 Å². The summed E-state index contributed by atoms with van der Waals surface area (Å²) in [4.78, 5) is 29.2. The van der Waals surface area contributed by atoms with Crippen molar-refractivity contribution in [2.45, 2.75) is 38.1 Å². The fraction of sp³-hybridized carbons (Fsp3) is 0.412. The van der Waals surface area contributed by atoms with Gasteiger partial charge in [0, 0.05) is 43.0 Å². The van der Waals surface area contributed by atoms with Crippen LogP contribution in [0, 0.1) is 0 Å². The van der Waals surface area contributed by atoms with Crippen LogP contribution in [-0.4, -0.2) is 44.6 Å². The van der Waals surface area contributed by atoms with Crippen LogP contribution < -0.4 is 0 Å². The normalized spacial score (nSPS) is 17.7. The molecule has 2 aromatic rings. The third-order valence-corrected chi connectivity index (χ3v) is 4.27. The molecule has 0 radical (unpaired) electrons. The van der Waals surface area contributed by atoms with Crippen molar-refractivity contribution in [1.29, 1.82) is 0 Å². The Morgan fingerprint density at radius 2 is 2.08 bits per heavy atom. The Morgan fingerprint density at radius 1 is 1.29 bits per heavy atom. The van der Waals surface area contributed by atoms with Gasteiger partial charge in [-0.3, -0.25) is 14.6 Å². The standard InChI is InChI=1S/C17H19N3O4/c21-16(22)5-4-13-3-1-2-10-20(13)17(23)14-11-15(24-19-14)12-6-8-18-9-7-12/h6-9,11,13H,1-5,10H2,(H,21,22). The van der Waals surface area contributed by atoms with E-state index in [9.17, 15) is 9.59 Å². The van der Waals surface area contributed by atoms with Gasteiger partial charge in [-0.25, -0.2) is 0 Å². The molecule has 0 aromatic carbocycles. The number of nitrogens with zero attached hydrogens (tertiary/aromatic N) is 3. The average Bonchev–Trinajstić information content (AvgIpc) is 3.10. The lowest BCUT2D eigenvalue weighted by molar-refractivity contribution is -0.137. The number of carboxylic acids is 1. The maximum absolute atomic E-state index is 12.7. The summed E-state index contributed by atoms with van der Waals surface area (Å²) in [5.74, 6) is -0.525. The highest BCUT2D eigenvalue weighted by atomic mass is 16.5. The van der Waals surface area contributed by atoms with Gasteiger partial charge < -0.3 is 14.5 Å². The van der Waals surface area contributed by atoms with Crippen molar-refractivity contribution in [2.75, 3.05) is 6.54 Å². The Labute approximate surface area is 139 Å². The third kappa shape index (κ3) is 3.61. The lowest BCUT2D eigenvalue weighted by Gasteiger charge is -2.35. The zero-order chi connectivity index (χ0) is 16.9.